The van der Waals surface area contributed by atoms with Gasteiger partial charge in [0.1, 0.15) is 11.0 Å². The smallest absolute Gasteiger partial charge is 0.194 e. The molecule has 0 radical (unpaired) electrons. The molecule has 0 aromatic rings. The molecule has 1 aliphatic rings. The van der Waals surface area contributed by atoms with Gasteiger partial charge < -0.3 is 9.16 Å². The van der Waals surface area contributed by atoms with Crippen LogP contribution >= 0.6 is 0 Å². The minimum absolute atomic E-state index is 0.381. The Morgan fingerprint density at radius 2 is 1.83 bits per heavy atom. The van der Waals surface area contributed by atoms with Crippen molar-refractivity contribution in [1.82, 2.24) is 0 Å². The van der Waals surface area contributed by atoms with Crippen molar-refractivity contribution in [2.75, 3.05) is 13.2 Å². The average molecular weight is 265 g/mol. The van der Waals surface area contributed by atoms with Crippen molar-refractivity contribution < 1.29 is 9.16 Å². The molecule has 0 aromatic carbocycles. The van der Waals surface area contributed by atoms with Gasteiger partial charge in [-0.05, 0) is 25.1 Å². The Hall–Kier alpha value is -0.813. The van der Waals surface area contributed by atoms with Gasteiger partial charge in [0.05, 0.1) is 19.3 Å². The normalized spacial score (nSPS) is 21.2. The van der Waals surface area contributed by atoms with Gasteiger partial charge in [-0.3, -0.25) is 0 Å². The molecule has 100 valence electrons. The van der Waals surface area contributed by atoms with Crippen LogP contribution in [-0.4, -0.2) is 27.1 Å². The Kier molecular flexibility index (Phi) is 4.61. The lowest BCUT2D eigenvalue weighted by molar-refractivity contribution is -0.152. The Balaban J connectivity index is 3.04. The van der Waals surface area contributed by atoms with E-state index in [0.717, 1.165) is 18.1 Å². The van der Waals surface area contributed by atoms with Gasteiger partial charge in [0.2, 0.25) is 0 Å². The first-order valence-electron chi connectivity index (χ1n) is 6.64. The predicted molar refractivity (Wildman–Crippen MR) is 74.4 cm³/mol. The van der Waals surface area contributed by atoms with E-state index in [1.54, 1.807) is 0 Å². The number of terminal acetylenes is 1. The summed E-state index contributed by atoms with van der Waals surface area (Å²) in [5, 5.41) is 9.43. The van der Waals surface area contributed by atoms with Gasteiger partial charge in [-0.15, -0.1) is 6.42 Å². The quantitative estimate of drug-likeness (QED) is 0.548. The minimum Gasteiger partial charge on any atom is -0.399 e. The highest BCUT2D eigenvalue weighted by Gasteiger charge is 2.57. The molecular weight excluding hydrogens is 242 g/mol. The SMILES string of the molecule is C#C[C@](C)(O[Si](CC)(CC)CC)C1(C#N)COC1. The Labute approximate surface area is 112 Å². The molecule has 18 heavy (non-hydrogen) atoms. The zero-order chi connectivity index (χ0) is 13.9. The zero-order valence-corrected chi connectivity index (χ0v) is 12.9. The first kappa shape index (κ1) is 15.2. The molecule has 0 bridgehead atoms. The van der Waals surface area contributed by atoms with E-state index in [4.69, 9.17) is 15.6 Å². The summed E-state index contributed by atoms with van der Waals surface area (Å²) in [4.78, 5) is 0. The largest absolute Gasteiger partial charge is 0.399 e. The third kappa shape index (κ3) is 2.21. The zero-order valence-electron chi connectivity index (χ0n) is 11.9. The van der Waals surface area contributed by atoms with Gasteiger partial charge in [0.25, 0.3) is 0 Å². The van der Waals surface area contributed by atoms with Crippen LogP contribution in [-0.2, 0) is 9.16 Å². The molecule has 4 heteroatoms. The van der Waals surface area contributed by atoms with Crippen LogP contribution in [0.3, 0.4) is 0 Å². The summed E-state index contributed by atoms with van der Waals surface area (Å²) in [6, 6.07) is 5.41. The van der Waals surface area contributed by atoms with E-state index >= 15 is 0 Å². The second-order valence-electron chi connectivity index (χ2n) is 5.21. The molecule has 1 rings (SSSR count). The highest BCUT2D eigenvalue weighted by Crippen LogP contribution is 2.43. The van der Waals surface area contributed by atoms with Gasteiger partial charge in [-0.25, -0.2) is 0 Å². The summed E-state index contributed by atoms with van der Waals surface area (Å²) >= 11 is 0. The molecule has 0 unspecified atom stereocenters. The first-order valence-corrected chi connectivity index (χ1v) is 9.17. The lowest BCUT2D eigenvalue weighted by Crippen LogP contribution is -2.62. The molecule has 1 aliphatic heterocycles. The first-order chi connectivity index (χ1) is 8.47. The van der Waals surface area contributed by atoms with Crippen molar-refractivity contribution in [3.05, 3.63) is 0 Å². The Bertz CT molecular complexity index is 366. The Morgan fingerprint density at radius 3 is 2.06 bits per heavy atom. The fraction of sp³-hybridized carbons (Fsp3) is 0.786. The van der Waals surface area contributed by atoms with Crippen LogP contribution in [0.25, 0.3) is 0 Å². The van der Waals surface area contributed by atoms with Gasteiger partial charge in [0.15, 0.2) is 8.32 Å². The molecule has 1 heterocycles. The average Bonchev–Trinajstić information content (AvgIpc) is 2.35. The summed E-state index contributed by atoms with van der Waals surface area (Å²) < 4.78 is 11.6. The summed E-state index contributed by atoms with van der Waals surface area (Å²) in [5.41, 5.74) is -1.49. The van der Waals surface area contributed by atoms with Crippen molar-refractivity contribution in [2.45, 2.75) is 51.4 Å². The number of hydrogen-bond acceptors (Lipinski definition) is 3. The van der Waals surface area contributed by atoms with Gasteiger partial charge in [-0.2, -0.15) is 5.26 Å². The number of hydrogen-bond donors (Lipinski definition) is 0. The third-order valence-electron chi connectivity index (χ3n) is 4.45. The van der Waals surface area contributed by atoms with E-state index in [0.29, 0.717) is 13.2 Å². The van der Waals surface area contributed by atoms with Crippen LogP contribution < -0.4 is 0 Å². The molecule has 3 nitrogen and oxygen atoms in total. The molecule has 0 aliphatic carbocycles. The molecule has 1 fully saturated rings. The van der Waals surface area contributed by atoms with E-state index in [1.807, 2.05) is 6.92 Å². The van der Waals surface area contributed by atoms with Crippen molar-refractivity contribution in [3.63, 3.8) is 0 Å². The third-order valence-corrected chi connectivity index (χ3v) is 9.16. The second kappa shape index (κ2) is 5.44. The fourth-order valence-corrected chi connectivity index (χ4v) is 5.47. The van der Waals surface area contributed by atoms with Crippen LogP contribution in [0.4, 0.5) is 0 Å². The molecule has 0 N–H and O–H groups in total. The molecular formula is C14H23NO2Si. The van der Waals surface area contributed by atoms with Crippen LogP contribution in [0.2, 0.25) is 18.1 Å². The van der Waals surface area contributed by atoms with Crippen LogP contribution in [0.15, 0.2) is 0 Å². The standard InChI is InChI=1S/C14H23NO2Si/c1-6-13(5,14(10-15)11-16-12-14)17-18(7-2,8-3)9-4/h1H,7-9,11-12H2,2-5H3/t13-/m0/s1. The van der Waals surface area contributed by atoms with E-state index in [1.165, 1.54) is 0 Å². The Morgan fingerprint density at radius 1 is 1.33 bits per heavy atom. The van der Waals surface area contributed by atoms with Crippen molar-refractivity contribution in [3.8, 4) is 18.4 Å². The van der Waals surface area contributed by atoms with E-state index in [-0.39, 0.29) is 0 Å². The number of nitriles is 1. The molecule has 0 aromatic heterocycles. The lowest BCUT2D eigenvalue weighted by Gasteiger charge is -2.49. The van der Waals surface area contributed by atoms with Crippen LogP contribution in [0.1, 0.15) is 27.7 Å². The van der Waals surface area contributed by atoms with E-state index < -0.39 is 19.3 Å². The molecule has 0 spiro atoms. The van der Waals surface area contributed by atoms with Crippen molar-refractivity contribution in [2.24, 2.45) is 5.41 Å². The van der Waals surface area contributed by atoms with Gasteiger partial charge in [0, 0.05) is 0 Å². The molecule has 0 amide bonds. The lowest BCUT2D eigenvalue weighted by atomic mass is 9.73. The summed E-state index contributed by atoms with van der Waals surface area (Å²) in [6.07, 6.45) is 5.69. The van der Waals surface area contributed by atoms with Crippen molar-refractivity contribution >= 4 is 8.32 Å². The highest BCUT2D eigenvalue weighted by atomic mass is 28.4. The fourth-order valence-electron chi connectivity index (χ4n) is 2.42. The van der Waals surface area contributed by atoms with Gasteiger partial charge >= 0.3 is 0 Å². The maximum Gasteiger partial charge on any atom is 0.194 e. The van der Waals surface area contributed by atoms with Crippen LogP contribution in [0, 0.1) is 29.1 Å². The minimum atomic E-state index is -1.83. The molecule has 0 saturated carbocycles. The summed E-state index contributed by atoms with van der Waals surface area (Å²) in [6.45, 7) is 9.12. The van der Waals surface area contributed by atoms with Crippen molar-refractivity contribution in [1.29, 1.82) is 5.26 Å². The number of rotatable bonds is 6. The summed E-state index contributed by atoms with van der Waals surface area (Å²) in [7, 11) is -1.83. The number of nitrogens with zero attached hydrogens (tertiary/aromatic N) is 1. The monoisotopic (exact) mass is 265 g/mol. The predicted octanol–water partition coefficient (Wildman–Crippen LogP) is 2.94. The van der Waals surface area contributed by atoms with Crippen LogP contribution in [0.5, 0.6) is 0 Å². The second-order valence-corrected chi connectivity index (χ2v) is 9.90. The van der Waals surface area contributed by atoms with E-state index in [2.05, 4.69) is 32.8 Å². The maximum atomic E-state index is 9.43. The highest BCUT2D eigenvalue weighted by molar-refractivity contribution is 6.73. The topological polar surface area (TPSA) is 42.2 Å². The maximum absolute atomic E-state index is 9.43. The van der Waals surface area contributed by atoms with Gasteiger partial charge in [-0.1, -0.05) is 26.7 Å². The van der Waals surface area contributed by atoms with E-state index in [9.17, 15) is 5.26 Å². The molecule has 1 saturated heterocycles. The molecule has 1 atom stereocenters. The number of ether oxygens (including phenoxy) is 1. The summed E-state index contributed by atoms with van der Waals surface area (Å²) in [5.74, 6) is 2.74.